The molecule has 0 aliphatic carbocycles. The van der Waals surface area contributed by atoms with Crippen LogP contribution in [0.1, 0.15) is 11.1 Å². The van der Waals surface area contributed by atoms with E-state index < -0.39 is 5.97 Å². The maximum absolute atomic E-state index is 12.3. The van der Waals surface area contributed by atoms with E-state index in [9.17, 15) is 4.79 Å². The van der Waals surface area contributed by atoms with E-state index >= 15 is 0 Å². The minimum absolute atomic E-state index is 0.161. The standard InChI is InChI=1S/C19H16BrNO5/c1-23-15-8-7-12(20)10-13(15)18-21-14(19(22)26-18)9-11-5-4-6-16(24-2)17(11)25-3/h4-10H,1-3H3/b14-9-. The van der Waals surface area contributed by atoms with E-state index in [1.165, 1.54) is 7.11 Å². The summed E-state index contributed by atoms with van der Waals surface area (Å²) in [6.45, 7) is 0. The molecule has 0 radical (unpaired) electrons. The van der Waals surface area contributed by atoms with Crippen molar-refractivity contribution in [2.45, 2.75) is 0 Å². The average molecular weight is 418 g/mol. The topological polar surface area (TPSA) is 66.3 Å². The SMILES string of the molecule is COc1ccc(Br)cc1C1=N/C(=C\c2cccc(OC)c2OC)C(=O)O1. The van der Waals surface area contributed by atoms with Gasteiger partial charge in [0.25, 0.3) is 0 Å². The summed E-state index contributed by atoms with van der Waals surface area (Å²) in [6, 6.07) is 10.7. The zero-order valence-electron chi connectivity index (χ0n) is 14.4. The van der Waals surface area contributed by atoms with Gasteiger partial charge in [0.2, 0.25) is 5.90 Å². The molecular weight excluding hydrogens is 402 g/mol. The molecule has 0 aromatic heterocycles. The fraction of sp³-hybridized carbons (Fsp3) is 0.158. The Labute approximate surface area is 159 Å². The maximum Gasteiger partial charge on any atom is 0.363 e. The van der Waals surface area contributed by atoms with Crippen LogP contribution in [0.3, 0.4) is 0 Å². The molecular formula is C19H16BrNO5. The van der Waals surface area contributed by atoms with Crippen LogP contribution in [-0.4, -0.2) is 33.2 Å². The van der Waals surface area contributed by atoms with Crippen LogP contribution in [0.2, 0.25) is 0 Å². The van der Waals surface area contributed by atoms with E-state index in [4.69, 9.17) is 18.9 Å². The van der Waals surface area contributed by atoms with Gasteiger partial charge in [0, 0.05) is 10.0 Å². The molecule has 0 spiro atoms. The first-order valence-corrected chi connectivity index (χ1v) is 8.44. The quantitative estimate of drug-likeness (QED) is 0.546. The summed E-state index contributed by atoms with van der Waals surface area (Å²) in [6.07, 6.45) is 1.60. The molecule has 134 valence electrons. The third kappa shape index (κ3) is 3.43. The Bertz CT molecular complexity index is 920. The van der Waals surface area contributed by atoms with Gasteiger partial charge >= 0.3 is 5.97 Å². The second kappa shape index (κ2) is 7.61. The van der Waals surface area contributed by atoms with Crippen molar-refractivity contribution in [3.63, 3.8) is 0 Å². The number of carbonyl (C=O) groups excluding carboxylic acids is 1. The smallest absolute Gasteiger partial charge is 0.363 e. The molecule has 1 heterocycles. The van der Waals surface area contributed by atoms with Crippen molar-refractivity contribution in [2.24, 2.45) is 4.99 Å². The Morgan fingerprint density at radius 1 is 1.04 bits per heavy atom. The molecule has 6 nitrogen and oxygen atoms in total. The molecule has 1 aliphatic heterocycles. The molecule has 0 fully saturated rings. The van der Waals surface area contributed by atoms with Gasteiger partial charge < -0.3 is 18.9 Å². The number of benzene rings is 2. The largest absolute Gasteiger partial charge is 0.496 e. The molecule has 7 heteroatoms. The number of nitrogens with zero attached hydrogens (tertiary/aromatic N) is 1. The van der Waals surface area contributed by atoms with Crippen molar-refractivity contribution in [3.8, 4) is 17.2 Å². The molecule has 0 saturated carbocycles. The van der Waals surface area contributed by atoms with Crippen LogP contribution >= 0.6 is 15.9 Å². The Morgan fingerprint density at radius 2 is 1.81 bits per heavy atom. The zero-order valence-corrected chi connectivity index (χ0v) is 16.0. The lowest BCUT2D eigenvalue weighted by atomic mass is 10.1. The van der Waals surface area contributed by atoms with Crippen LogP contribution < -0.4 is 14.2 Å². The Balaban J connectivity index is 2.04. The van der Waals surface area contributed by atoms with Crippen LogP contribution in [0, 0.1) is 0 Å². The number of carbonyl (C=O) groups is 1. The van der Waals surface area contributed by atoms with Crippen molar-refractivity contribution >= 4 is 33.9 Å². The Morgan fingerprint density at radius 3 is 2.50 bits per heavy atom. The summed E-state index contributed by atoms with van der Waals surface area (Å²) in [4.78, 5) is 16.6. The molecule has 1 aliphatic rings. The maximum atomic E-state index is 12.3. The monoisotopic (exact) mass is 417 g/mol. The summed E-state index contributed by atoms with van der Waals surface area (Å²) >= 11 is 3.40. The number of methoxy groups -OCH3 is 3. The number of esters is 1. The van der Waals surface area contributed by atoms with Gasteiger partial charge in [0.1, 0.15) is 5.75 Å². The highest BCUT2D eigenvalue weighted by atomic mass is 79.9. The minimum atomic E-state index is -0.549. The molecule has 0 bridgehead atoms. The van der Waals surface area contributed by atoms with Crippen molar-refractivity contribution in [1.82, 2.24) is 0 Å². The van der Waals surface area contributed by atoms with Crippen molar-refractivity contribution in [3.05, 3.63) is 57.7 Å². The molecule has 2 aromatic carbocycles. The molecule has 2 aromatic rings. The van der Waals surface area contributed by atoms with Crippen LogP contribution in [0.15, 0.2) is 51.6 Å². The molecule has 26 heavy (non-hydrogen) atoms. The van der Waals surface area contributed by atoms with Gasteiger partial charge in [-0.25, -0.2) is 9.79 Å². The number of ether oxygens (including phenoxy) is 4. The van der Waals surface area contributed by atoms with Gasteiger partial charge in [-0.1, -0.05) is 28.1 Å². The second-order valence-corrected chi connectivity index (χ2v) is 6.18. The number of cyclic esters (lactones) is 1. The first-order chi connectivity index (χ1) is 12.6. The lowest BCUT2D eigenvalue weighted by Crippen LogP contribution is -2.07. The van der Waals surface area contributed by atoms with E-state index in [1.807, 2.05) is 6.07 Å². The highest BCUT2D eigenvalue weighted by Gasteiger charge is 2.27. The molecule has 0 atom stereocenters. The number of aliphatic imine (C=N–C) groups is 1. The lowest BCUT2D eigenvalue weighted by molar-refractivity contribution is -0.129. The molecule has 0 saturated heterocycles. The highest BCUT2D eigenvalue weighted by Crippen LogP contribution is 2.33. The minimum Gasteiger partial charge on any atom is -0.496 e. The summed E-state index contributed by atoms with van der Waals surface area (Å²) < 4.78 is 22.1. The third-order valence-electron chi connectivity index (χ3n) is 3.74. The fourth-order valence-electron chi connectivity index (χ4n) is 2.54. The van der Waals surface area contributed by atoms with E-state index in [0.29, 0.717) is 28.4 Å². The Hall–Kier alpha value is -2.80. The van der Waals surface area contributed by atoms with Gasteiger partial charge in [0.15, 0.2) is 17.2 Å². The van der Waals surface area contributed by atoms with Gasteiger partial charge in [-0.05, 0) is 30.3 Å². The van der Waals surface area contributed by atoms with Crippen molar-refractivity contribution in [1.29, 1.82) is 0 Å². The first kappa shape index (κ1) is 18.0. The summed E-state index contributed by atoms with van der Waals surface area (Å²) in [5, 5.41) is 0. The first-order valence-electron chi connectivity index (χ1n) is 7.65. The van der Waals surface area contributed by atoms with E-state index in [-0.39, 0.29) is 11.6 Å². The predicted octanol–water partition coefficient (Wildman–Crippen LogP) is 3.82. The summed E-state index contributed by atoms with van der Waals surface area (Å²) in [5.74, 6) is 1.26. The number of rotatable bonds is 5. The molecule has 0 unspecified atom stereocenters. The number of para-hydroxylation sites is 1. The molecule has 0 amide bonds. The van der Waals surface area contributed by atoms with Gasteiger partial charge in [-0.3, -0.25) is 0 Å². The Kier molecular flexibility index (Phi) is 5.27. The van der Waals surface area contributed by atoms with Crippen LogP contribution in [-0.2, 0) is 9.53 Å². The van der Waals surface area contributed by atoms with Gasteiger partial charge in [-0.2, -0.15) is 0 Å². The number of hydrogen-bond acceptors (Lipinski definition) is 6. The summed E-state index contributed by atoms with van der Waals surface area (Å²) in [5.41, 5.74) is 1.40. The second-order valence-electron chi connectivity index (χ2n) is 5.26. The van der Waals surface area contributed by atoms with E-state index in [0.717, 1.165) is 4.47 Å². The fourth-order valence-corrected chi connectivity index (χ4v) is 2.91. The normalized spacial score (nSPS) is 14.8. The lowest BCUT2D eigenvalue weighted by Gasteiger charge is -2.09. The van der Waals surface area contributed by atoms with E-state index in [2.05, 4.69) is 20.9 Å². The summed E-state index contributed by atoms with van der Waals surface area (Å²) in [7, 11) is 4.63. The highest BCUT2D eigenvalue weighted by molar-refractivity contribution is 9.10. The van der Waals surface area contributed by atoms with Crippen molar-refractivity contribution in [2.75, 3.05) is 21.3 Å². The van der Waals surface area contributed by atoms with Gasteiger partial charge in [0.05, 0.1) is 26.9 Å². The van der Waals surface area contributed by atoms with Crippen LogP contribution in [0.25, 0.3) is 6.08 Å². The van der Waals surface area contributed by atoms with Crippen LogP contribution in [0.4, 0.5) is 0 Å². The number of hydrogen-bond donors (Lipinski definition) is 0. The predicted molar refractivity (Wildman–Crippen MR) is 101 cm³/mol. The third-order valence-corrected chi connectivity index (χ3v) is 4.23. The van der Waals surface area contributed by atoms with E-state index in [1.54, 1.807) is 50.6 Å². The molecule has 3 rings (SSSR count). The van der Waals surface area contributed by atoms with Crippen LogP contribution in [0.5, 0.6) is 17.2 Å². The van der Waals surface area contributed by atoms with Crippen molar-refractivity contribution < 1.29 is 23.7 Å². The average Bonchev–Trinajstić information content (AvgIpc) is 3.01. The zero-order chi connectivity index (χ0) is 18.7. The molecule has 0 N–H and O–H groups in total. The van der Waals surface area contributed by atoms with Gasteiger partial charge in [-0.15, -0.1) is 0 Å². The number of halogens is 1.